The highest BCUT2D eigenvalue weighted by Gasteiger charge is 2.43. The van der Waals surface area contributed by atoms with Gasteiger partial charge in [0.05, 0.1) is 16.1 Å². The third kappa shape index (κ3) is 3.12. The molecular formula is C17H15ClFN3OS. The van der Waals surface area contributed by atoms with Crippen LogP contribution in [0.4, 0.5) is 9.52 Å². The van der Waals surface area contributed by atoms with Crippen molar-refractivity contribution in [3.05, 3.63) is 42.2 Å². The molecule has 1 aliphatic rings. The summed E-state index contributed by atoms with van der Waals surface area (Å²) in [7, 11) is 0. The van der Waals surface area contributed by atoms with E-state index < -0.39 is 12.1 Å². The van der Waals surface area contributed by atoms with Crippen molar-refractivity contribution in [3.63, 3.8) is 0 Å². The Bertz CT molecular complexity index is 914. The summed E-state index contributed by atoms with van der Waals surface area (Å²) in [5.41, 5.74) is 4.12. The van der Waals surface area contributed by atoms with Crippen LogP contribution in [0.5, 0.6) is 0 Å². The quantitative estimate of drug-likeness (QED) is 0.751. The van der Waals surface area contributed by atoms with E-state index >= 15 is 0 Å². The summed E-state index contributed by atoms with van der Waals surface area (Å²) in [6.45, 7) is 2.04. The molecule has 24 heavy (non-hydrogen) atoms. The van der Waals surface area contributed by atoms with Crippen LogP contribution in [0.3, 0.4) is 0 Å². The molecule has 0 bridgehead atoms. The Hall–Kier alpha value is -2.05. The Labute approximate surface area is 148 Å². The summed E-state index contributed by atoms with van der Waals surface area (Å²) in [4.78, 5) is 20.4. The van der Waals surface area contributed by atoms with Gasteiger partial charge in [0.1, 0.15) is 6.17 Å². The molecule has 0 aliphatic heterocycles. The molecule has 124 valence electrons. The van der Waals surface area contributed by atoms with Crippen LogP contribution >= 0.6 is 23.7 Å². The first-order chi connectivity index (χ1) is 11.1. The van der Waals surface area contributed by atoms with Crippen LogP contribution in [0.15, 0.2) is 36.7 Å². The Morgan fingerprint density at radius 1 is 1.38 bits per heavy atom. The highest BCUT2D eigenvalue weighted by Crippen LogP contribution is 2.36. The van der Waals surface area contributed by atoms with Crippen molar-refractivity contribution >= 4 is 45.0 Å². The van der Waals surface area contributed by atoms with E-state index in [0.717, 1.165) is 26.9 Å². The van der Waals surface area contributed by atoms with Crippen molar-refractivity contribution in [3.8, 4) is 11.1 Å². The molecule has 1 saturated carbocycles. The first-order valence-electron chi connectivity index (χ1n) is 7.38. The average Bonchev–Trinajstić information content (AvgIpc) is 3.13. The molecule has 3 aromatic rings. The van der Waals surface area contributed by atoms with Crippen LogP contribution in [0, 0.1) is 12.8 Å². The van der Waals surface area contributed by atoms with Gasteiger partial charge >= 0.3 is 0 Å². The van der Waals surface area contributed by atoms with Gasteiger partial charge < -0.3 is 5.32 Å². The summed E-state index contributed by atoms with van der Waals surface area (Å²) in [5, 5.41) is 3.23. The zero-order valence-electron chi connectivity index (χ0n) is 12.8. The minimum absolute atomic E-state index is 0. The second-order valence-corrected chi connectivity index (χ2v) is 6.77. The topological polar surface area (TPSA) is 54.9 Å². The lowest BCUT2D eigenvalue weighted by Gasteiger charge is -2.04. The highest BCUT2D eigenvalue weighted by molar-refractivity contribution is 7.22. The van der Waals surface area contributed by atoms with Crippen LogP contribution in [-0.4, -0.2) is 22.0 Å². The number of thiazole rings is 1. The number of halogens is 2. The number of benzene rings is 1. The number of fused-ring (bicyclic) bond motifs is 1. The third-order valence-electron chi connectivity index (χ3n) is 4.02. The Morgan fingerprint density at radius 3 is 2.88 bits per heavy atom. The fourth-order valence-corrected chi connectivity index (χ4v) is 3.45. The van der Waals surface area contributed by atoms with Gasteiger partial charge in [-0.1, -0.05) is 17.4 Å². The Morgan fingerprint density at radius 2 is 2.17 bits per heavy atom. The van der Waals surface area contributed by atoms with Crippen LogP contribution < -0.4 is 5.32 Å². The Balaban J connectivity index is 0.00000169. The molecular weight excluding hydrogens is 349 g/mol. The number of anilines is 1. The number of pyridine rings is 1. The summed E-state index contributed by atoms with van der Waals surface area (Å²) >= 11 is 1.40. The molecule has 1 aliphatic carbocycles. The predicted molar refractivity (Wildman–Crippen MR) is 96.5 cm³/mol. The molecule has 0 spiro atoms. The average molecular weight is 364 g/mol. The smallest absolute Gasteiger partial charge is 0.232 e. The summed E-state index contributed by atoms with van der Waals surface area (Å²) in [5.74, 6) is -0.782. The van der Waals surface area contributed by atoms with Crippen LogP contribution in [-0.2, 0) is 4.79 Å². The number of aryl methyl sites for hydroxylation is 1. The van der Waals surface area contributed by atoms with Crippen molar-refractivity contribution in [2.24, 2.45) is 5.92 Å². The van der Waals surface area contributed by atoms with Gasteiger partial charge in [0, 0.05) is 18.0 Å². The number of nitrogens with one attached hydrogen (secondary N) is 1. The number of rotatable bonds is 3. The van der Waals surface area contributed by atoms with Crippen molar-refractivity contribution in [2.45, 2.75) is 19.5 Å². The van der Waals surface area contributed by atoms with Gasteiger partial charge in [-0.15, -0.1) is 12.4 Å². The molecule has 1 N–H and O–H groups in total. The van der Waals surface area contributed by atoms with Gasteiger partial charge in [-0.05, 0) is 42.7 Å². The summed E-state index contributed by atoms with van der Waals surface area (Å²) in [6.07, 6.45) is 2.94. The molecule has 2 atom stereocenters. The fourth-order valence-electron chi connectivity index (χ4n) is 2.55. The molecule has 2 aromatic heterocycles. The standard InChI is InChI=1S/C17H14FN3OS.ClH/c1-9-4-5-19-8-12(9)10-2-3-14-15(6-10)23-17(20-14)21-16(22)11-7-13(11)18;/h2-6,8,11,13H,7H2,1H3,(H,20,21,22);1H. The number of carbonyl (C=O) groups excluding carboxylic acids is 1. The molecule has 1 aromatic carbocycles. The zero-order valence-corrected chi connectivity index (χ0v) is 14.5. The molecule has 4 nitrogen and oxygen atoms in total. The molecule has 0 radical (unpaired) electrons. The fraction of sp³-hybridized carbons (Fsp3) is 0.235. The molecule has 4 rings (SSSR count). The normalized spacial score (nSPS) is 18.9. The van der Waals surface area contributed by atoms with Crippen LogP contribution in [0.25, 0.3) is 21.3 Å². The molecule has 1 fully saturated rings. The lowest BCUT2D eigenvalue weighted by atomic mass is 10.0. The van der Waals surface area contributed by atoms with E-state index in [1.807, 2.05) is 37.4 Å². The largest absolute Gasteiger partial charge is 0.302 e. The highest BCUT2D eigenvalue weighted by atomic mass is 35.5. The molecule has 2 heterocycles. The van der Waals surface area contributed by atoms with Gasteiger partial charge in [0.2, 0.25) is 5.91 Å². The van der Waals surface area contributed by atoms with Crippen LogP contribution in [0.1, 0.15) is 12.0 Å². The van der Waals surface area contributed by atoms with Gasteiger partial charge in [-0.25, -0.2) is 9.37 Å². The number of aromatic nitrogens is 2. The molecule has 7 heteroatoms. The predicted octanol–water partition coefficient (Wildman–Crippen LogP) is 4.39. The number of nitrogens with zero attached hydrogens (tertiary/aromatic N) is 2. The van der Waals surface area contributed by atoms with Crippen molar-refractivity contribution < 1.29 is 9.18 Å². The minimum Gasteiger partial charge on any atom is -0.302 e. The van der Waals surface area contributed by atoms with Gasteiger partial charge in [-0.3, -0.25) is 9.78 Å². The minimum atomic E-state index is -0.996. The molecule has 0 saturated heterocycles. The number of carbonyl (C=O) groups is 1. The lowest BCUT2D eigenvalue weighted by molar-refractivity contribution is -0.117. The Kier molecular flexibility index (Phi) is 4.51. The van der Waals surface area contributed by atoms with Crippen molar-refractivity contribution in [2.75, 3.05) is 5.32 Å². The van der Waals surface area contributed by atoms with E-state index in [2.05, 4.69) is 15.3 Å². The SMILES string of the molecule is Cc1ccncc1-c1ccc2nc(NC(=O)C3CC3F)sc2c1.Cl. The van der Waals surface area contributed by atoms with Gasteiger partial charge in [0.25, 0.3) is 0 Å². The summed E-state index contributed by atoms with van der Waals surface area (Å²) < 4.78 is 13.9. The third-order valence-corrected chi connectivity index (χ3v) is 4.95. The number of amides is 1. The zero-order chi connectivity index (χ0) is 16.0. The second kappa shape index (κ2) is 6.45. The van der Waals surface area contributed by atoms with Crippen molar-refractivity contribution in [1.82, 2.24) is 9.97 Å². The molecule has 2 unspecified atom stereocenters. The van der Waals surface area contributed by atoms with E-state index in [1.54, 1.807) is 6.20 Å². The number of hydrogen-bond acceptors (Lipinski definition) is 4. The second-order valence-electron chi connectivity index (χ2n) is 5.74. The van der Waals surface area contributed by atoms with Crippen molar-refractivity contribution in [1.29, 1.82) is 0 Å². The number of alkyl halides is 1. The maximum atomic E-state index is 12.9. The van der Waals surface area contributed by atoms with E-state index in [-0.39, 0.29) is 18.3 Å². The molecule has 1 amide bonds. The first-order valence-corrected chi connectivity index (χ1v) is 8.20. The van der Waals surface area contributed by atoms with E-state index in [0.29, 0.717) is 11.6 Å². The monoisotopic (exact) mass is 363 g/mol. The maximum absolute atomic E-state index is 12.9. The first kappa shape index (κ1) is 16.8. The van der Waals surface area contributed by atoms with Crippen LogP contribution in [0.2, 0.25) is 0 Å². The van der Waals surface area contributed by atoms with E-state index in [9.17, 15) is 9.18 Å². The summed E-state index contributed by atoms with van der Waals surface area (Å²) in [6, 6.07) is 7.94. The van der Waals surface area contributed by atoms with Gasteiger partial charge in [-0.2, -0.15) is 0 Å². The van der Waals surface area contributed by atoms with Gasteiger partial charge in [0.15, 0.2) is 5.13 Å². The number of hydrogen-bond donors (Lipinski definition) is 1. The lowest BCUT2D eigenvalue weighted by Crippen LogP contribution is -2.14. The van der Waals surface area contributed by atoms with E-state index in [1.165, 1.54) is 11.3 Å². The maximum Gasteiger partial charge on any atom is 0.232 e. The van der Waals surface area contributed by atoms with E-state index in [4.69, 9.17) is 0 Å².